The van der Waals surface area contributed by atoms with Gasteiger partial charge in [0.15, 0.2) is 12.1 Å². The molecule has 27 heavy (non-hydrogen) atoms. The average Bonchev–Trinajstić information content (AvgIpc) is 3.05. The van der Waals surface area contributed by atoms with Gasteiger partial charge in [-0.25, -0.2) is 0 Å². The first-order chi connectivity index (χ1) is 12.7. The Hall–Kier alpha value is -1.02. The zero-order valence-corrected chi connectivity index (χ0v) is 15.8. The number of aliphatic hydroxyl groups excluding tert-OH is 3. The van der Waals surface area contributed by atoms with Crippen molar-refractivity contribution in [3.63, 3.8) is 0 Å². The van der Waals surface area contributed by atoms with Gasteiger partial charge in [0.05, 0.1) is 19.3 Å². The van der Waals surface area contributed by atoms with Crippen molar-refractivity contribution in [3.8, 4) is 0 Å². The molecule has 0 aromatic carbocycles. The predicted molar refractivity (Wildman–Crippen MR) is 91.0 cm³/mol. The Balaban J connectivity index is 1.72. The molecule has 5 rings (SSSR count). The predicted octanol–water partition coefficient (Wildman–Crippen LogP) is 0.248. The Labute approximate surface area is 158 Å². The van der Waals surface area contributed by atoms with Gasteiger partial charge in [-0.3, -0.25) is 9.59 Å². The number of hydrogen-bond donors (Lipinski definition) is 3. The van der Waals surface area contributed by atoms with E-state index < -0.39 is 47.1 Å². The van der Waals surface area contributed by atoms with Gasteiger partial charge in [-0.1, -0.05) is 13.8 Å². The molecule has 2 bridgehead atoms. The number of rotatable bonds is 1. The van der Waals surface area contributed by atoms with E-state index in [1.54, 1.807) is 0 Å². The fourth-order valence-electron chi connectivity index (χ4n) is 7.77. The lowest BCUT2D eigenvalue weighted by molar-refractivity contribution is -0.251. The zero-order chi connectivity index (χ0) is 19.4. The summed E-state index contributed by atoms with van der Waals surface area (Å²) in [6, 6.07) is 0. The normalized spacial score (nSPS) is 55.5. The highest BCUT2D eigenvalue weighted by atomic mass is 16.6. The first kappa shape index (κ1) is 18.0. The molecule has 3 N–H and O–H groups in total. The smallest absolute Gasteiger partial charge is 0.320 e. The average molecular weight is 380 g/mol. The molecule has 2 spiro atoms. The van der Waals surface area contributed by atoms with Crippen LogP contribution in [0.1, 0.15) is 39.5 Å². The second kappa shape index (κ2) is 5.32. The van der Waals surface area contributed by atoms with Crippen LogP contribution in [0.4, 0.5) is 0 Å². The second-order valence-electron chi connectivity index (χ2n) is 10.1. The summed E-state index contributed by atoms with van der Waals surface area (Å²) in [5.74, 6) is -2.65. The van der Waals surface area contributed by atoms with Gasteiger partial charge in [-0.05, 0) is 37.0 Å². The molecule has 0 radical (unpaired) electrons. The van der Waals surface area contributed by atoms with E-state index >= 15 is 0 Å². The van der Waals surface area contributed by atoms with Gasteiger partial charge < -0.3 is 24.8 Å². The lowest BCUT2D eigenvalue weighted by atomic mass is 9.43. The maximum atomic E-state index is 13.4. The van der Waals surface area contributed by atoms with E-state index in [0.717, 1.165) is 6.42 Å². The topological polar surface area (TPSA) is 113 Å². The molecule has 2 heterocycles. The van der Waals surface area contributed by atoms with E-state index in [4.69, 9.17) is 9.47 Å². The molecule has 3 saturated carbocycles. The SMILES string of the molecule is CC1(C)CCC2OC(=O)C34CC(CC(O)C3C23COC(O)C13)C(CO)C4=O. The molecule has 2 saturated heterocycles. The van der Waals surface area contributed by atoms with Crippen LogP contribution in [0.25, 0.3) is 0 Å². The van der Waals surface area contributed by atoms with Crippen molar-refractivity contribution in [3.05, 3.63) is 0 Å². The number of hydrogen-bond acceptors (Lipinski definition) is 7. The highest BCUT2D eigenvalue weighted by molar-refractivity contribution is 6.08. The van der Waals surface area contributed by atoms with Gasteiger partial charge in [0.2, 0.25) is 0 Å². The largest absolute Gasteiger partial charge is 0.461 e. The zero-order valence-electron chi connectivity index (χ0n) is 15.8. The minimum Gasteiger partial charge on any atom is -0.461 e. The Kier molecular flexibility index (Phi) is 3.55. The molecule has 5 fully saturated rings. The van der Waals surface area contributed by atoms with Gasteiger partial charge in [-0.2, -0.15) is 0 Å². The number of Topliss-reactive ketones (excluding diaryl/α,β-unsaturated/α-hetero) is 1. The molecule has 3 aliphatic carbocycles. The van der Waals surface area contributed by atoms with Crippen molar-refractivity contribution in [1.82, 2.24) is 0 Å². The van der Waals surface area contributed by atoms with E-state index in [9.17, 15) is 24.9 Å². The number of ketones is 1. The molecule has 0 aromatic heterocycles. The van der Waals surface area contributed by atoms with Gasteiger partial charge in [0.25, 0.3) is 0 Å². The molecule has 9 atom stereocenters. The first-order valence-corrected chi connectivity index (χ1v) is 10.0. The minimum absolute atomic E-state index is 0.172. The van der Waals surface area contributed by atoms with Crippen LogP contribution in [0.5, 0.6) is 0 Å². The van der Waals surface area contributed by atoms with Crippen LogP contribution in [0.3, 0.4) is 0 Å². The molecule has 0 amide bonds. The molecule has 0 aromatic rings. The van der Waals surface area contributed by atoms with Crippen molar-refractivity contribution in [2.24, 2.45) is 39.9 Å². The fourth-order valence-corrected chi connectivity index (χ4v) is 7.77. The van der Waals surface area contributed by atoms with Crippen LogP contribution in [0.2, 0.25) is 0 Å². The molecule has 9 unspecified atom stereocenters. The highest BCUT2D eigenvalue weighted by Crippen LogP contribution is 2.71. The highest BCUT2D eigenvalue weighted by Gasteiger charge is 2.79. The van der Waals surface area contributed by atoms with Gasteiger partial charge in [0, 0.05) is 23.2 Å². The maximum absolute atomic E-state index is 13.4. The Morgan fingerprint density at radius 2 is 1.93 bits per heavy atom. The summed E-state index contributed by atoms with van der Waals surface area (Å²) < 4.78 is 11.6. The maximum Gasteiger partial charge on any atom is 0.320 e. The van der Waals surface area contributed by atoms with Crippen LogP contribution < -0.4 is 0 Å². The number of carbonyl (C=O) groups is 2. The van der Waals surface area contributed by atoms with Crippen LogP contribution in [0, 0.1) is 39.9 Å². The number of aliphatic hydroxyl groups is 3. The molecule has 2 aliphatic heterocycles. The van der Waals surface area contributed by atoms with Crippen molar-refractivity contribution in [1.29, 1.82) is 0 Å². The summed E-state index contributed by atoms with van der Waals surface area (Å²) in [4.78, 5) is 26.5. The lowest BCUT2D eigenvalue weighted by Gasteiger charge is -2.62. The van der Waals surface area contributed by atoms with Crippen LogP contribution in [0.15, 0.2) is 0 Å². The third-order valence-corrected chi connectivity index (χ3v) is 8.64. The Bertz CT molecular complexity index is 704. The summed E-state index contributed by atoms with van der Waals surface area (Å²) in [5, 5.41) is 31.7. The quantitative estimate of drug-likeness (QED) is 0.441. The second-order valence-corrected chi connectivity index (χ2v) is 10.1. The number of esters is 1. The van der Waals surface area contributed by atoms with E-state index in [1.807, 2.05) is 0 Å². The van der Waals surface area contributed by atoms with E-state index in [-0.39, 0.29) is 36.2 Å². The monoisotopic (exact) mass is 380 g/mol. The molecule has 150 valence electrons. The molecule has 5 aliphatic rings. The lowest BCUT2D eigenvalue weighted by Crippen LogP contribution is -2.70. The van der Waals surface area contributed by atoms with Crippen molar-refractivity contribution in [2.75, 3.05) is 13.2 Å². The summed E-state index contributed by atoms with van der Waals surface area (Å²) in [7, 11) is 0. The van der Waals surface area contributed by atoms with Crippen LogP contribution >= 0.6 is 0 Å². The van der Waals surface area contributed by atoms with Crippen molar-refractivity contribution < 1.29 is 34.4 Å². The summed E-state index contributed by atoms with van der Waals surface area (Å²) >= 11 is 0. The molecular formula is C20H28O7. The number of fused-ring (bicyclic) bond motifs is 1. The molecular weight excluding hydrogens is 352 g/mol. The van der Waals surface area contributed by atoms with E-state index in [0.29, 0.717) is 19.3 Å². The minimum atomic E-state index is -1.43. The van der Waals surface area contributed by atoms with E-state index in [2.05, 4.69) is 13.8 Å². The van der Waals surface area contributed by atoms with Gasteiger partial charge in [0.1, 0.15) is 11.5 Å². The Morgan fingerprint density at radius 1 is 1.19 bits per heavy atom. The van der Waals surface area contributed by atoms with Crippen LogP contribution in [-0.2, 0) is 19.1 Å². The number of ether oxygens (including phenoxy) is 2. The first-order valence-electron chi connectivity index (χ1n) is 10.0. The molecule has 7 heteroatoms. The Morgan fingerprint density at radius 3 is 2.63 bits per heavy atom. The fraction of sp³-hybridized carbons (Fsp3) is 0.900. The van der Waals surface area contributed by atoms with Crippen molar-refractivity contribution in [2.45, 2.75) is 58.0 Å². The third-order valence-electron chi connectivity index (χ3n) is 8.64. The standard InChI is InChI=1S/C20H28O7/c1-18(2)4-3-12-20(8-26-16(24)14(18)20)13-11(22)5-9-6-19(13,17(25)27-12)15(23)10(9)7-21/h9-14,16,21-22,24H,3-8H2,1-2H3. The third kappa shape index (κ3) is 1.87. The van der Waals surface area contributed by atoms with Gasteiger partial charge in [-0.15, -0.1) is 0 Å². The van der Waals surface area contributed by atoms with Gasteiger partial charge >= 0.3 is 5.97 Å². The number of carbonyl (C=O) groups excluding carboxylic acids is 2. The summed E-state index contributed by atoms with van der Waals surface area (Å²) in [5.41, 5.74) is -2.48. The van der Waals surface area contributed by atoms with Crippen LogP contribution in [-0.4, -0.2) is 58.8 Å². The summed E-state index contributed by atoms with van der Waals surface area (Å²) in [6.07, 6.45) is -0.238. The van der Waals surface area contributed by atoms with Crippen molar-refractivity contribution >= 4 is 11.8 Å². The molecule has 7 nitrogen and oxygen atoms in total. The van der Waals surface area contributed by atoms with E-state index in [1.165, 1.54) is 0 Å². The summed E-state index contributed by atoms with van der Waals surface area (Å²) in [6.45, 7) is 4.00.